The smallest absolute Gasteiger partial charge is 0.298 e. The summed E-state index contributed by atoms with van der Waals surface area (Å²) in [5.41, 5.74) is 0.538. The Labute approximate surface area is 138 Å². The minimum absolute atomic E-state index is 0.376. The van der Waals surface area contributed by atoms with E-state index in [-0.39, 0.29) is 0 Å². The predicted octanol–water partition coefficient (Wildman–Crippen LogP) is 4.57. The van der Waals surface area contributed by atoms with Gasteiger partial charge < -0.3 is 0 Å². The molecular weight excluding hydrogens is 301 g/mol. The molecule has 0 aliphatic carbocycles. The van der Waals surface area contributed by atoms with E-state index in [2.05, 4.69) is 23.6 Å². The molecule has 1 saturated heterocycles. The maximum Gasteiger partial charge on any atom is 0.416 e. The number of piperazine rings is 1. The number of rotatable bonds is 3. The molecule has 0 N–H and O–H groups in total. The highest BCUT2D eigenvalue weighted by atomic mass is 19.4. The molecule has 0 amide bonds. The molecule has 0 unspecified atom stereocenters. The third-order valence-electron chi connectivity index (χ3n) is 4.10. The van der Waals surface area contributed by atoms with Gasteiger partial charge in [-0.15, -0.1) is 0 Å². The normalized spacial score (nSPS) is 17.1. The van der Waals surface area contributed by atoms with Crippen LogP contribution in [0.3, 0.4) is 0 Å². The summed E-state index contributed by atoms with van der Waals surface area (Å²) in [5.74, 6) is 0. The SMILES string of the molecule is CC.Cc1ccc(CN2CCN(C(C)C)CC2)c(C(F)(F)F)c1. The Morgan fingerprint density at radius 2 is 1.61 bits per heavy atom. The molecular formula is C18H29F3N2. The predicted molar refractivity (Wildman–Crippen MR) is 89.5 cm³/mol. The molecule has 0 saturated carbocycles. The summed E-state index contributed by atoms with van der Waals surface area (Å²) in [5, 5.41) is 0. The maximum absolute atomic E-state index is 13.1. The summed E-state index contributed by atoms with van der Waals surface area (Å²) >= 11 is 0. The van der Waals surface area contributed by atoms with E-state index in [0.717, 1.165) is 26.2 Å². The lowest BCUT2D eigenvalue weighted by Gasteiger charge is -2.37. The van der Waals surface area contributed by atoms with Crippen molar-refractivity contribution in [3.8, 4) is 0 Å². The molecule has 1 aromatic rings. The van der Waals surface area contributed by atoms with Gasteiger partial charge in [0.15, 0.2) is 0 Å². The second-order valence-electron chi connectivity index (χ2n) is 6.06. The lowest BCUT2D eigenvalue weighted by molar-refractivity contribution is -0.138. The topological polar surface area (TPSA) is 6.48 Å². The Kier molecular flexibility index (Phi) is 7.55. The second kappa shape index (κ2) is 8.69. The molecule has 2 rings (SSSR count). The Hall–Kier alpha value is -1.07. The molecule has 1 fully saturated rings. The molecule has 0 atom stereocenters. The fourth-order valence-corrected chi connectivity index (χ4v) is 2.77. The van der Waals surface area contributed by atoms with E-state index in [9.17, 15) is 13.2 Å². The van der Waals surface area contributed by atoms with Gasteiger partial charge in [0.05, 0.1) is 5.56 Å². The van der Waals surface area contributed by atoms with Crippen LogP contribution in [0.4, 0.5) is 13.2 Å². The summed E-state index contributed by atoms with van der Waals surface area (Å²) in [6.45, 7) is 13.9. The monoisotopic (exact) mass is 330 g/mol. The summed E-state index contributed by atoms with van der Waals surface area (Å²) in [7, 11) is 0. The number of benzene rings is 1. The molecule has 1 aliphatic heterocycles. The van der Waals surface area contributed by atoms with Crippen molar-refractivity contribution in [2.45, 2.75) is 53.4 Å². The van der Waals surface area contributed by atoms with Crippen LogP contribution in [0.15, 0.2) is 18.2 Å². The van der Waals surface area contributed by atoms with Gasteiger partial charge in [0.1, 0.15) is 0 Å². The molecule has 132 valence electrons. The second-order valence-corrected chi connectivity index (χ2v) is 6.06. The van der Waals surface area contributed by atoms with Crippen LogP contribution in [-0.4, -0.2) is 42.0 Å². The molecule has 1 heterocycles. The molecule has 0 radical (unpaired) electrons. The first-order valence-electron chi connectivity index (χ1n) is 8.40. The van der Waals surface area contributed by atoms with Crippen LogP contribution in [-0.2, 0) is 12.7 Å². The highest BCUT2D eigenvalue weighted by molar-refractivity contribution is 5.33. The molecule has 1 aliphatic rings. The third-order valence-corrected chi connectivity index (χ3v) is 4.10. The summed E-state index contributed by atoms with van der Waals surface area (Å²) in [6.07, 6.45) is -4.28. The van der Waals surface area contributed by atoms with Crippen LogP contribution < -0.4 is 0 Å². The maximum atomic E-state index is 13.1. The highest BCUT2D eigenvalue weighted by Crippen LogP contribution is 2.33. The Morgan fingerprint density at radius 3 is 2.09 bits per heavy atom. The molecule has 0 spiro atoms. The van der Waals surface area contributed by atoms with Crippen LogP contribution in [0.25, 0.3) is 0 Å². The van der Waals surface area contributed by atoms with Gasteiger partial charge in [-0.3, -0.25) is 9.80 Å². The van der Waals surface area contributed by atoms with Crippen LogP contribution in [0.1, 0.15) is 44.4 Å². The highest BCUT2D eigenvalue weighted by Gasteiger charge is 2.34. The van der Waals surface area contributed by atoms with Gasteiger partial charge in [-0.1, -0.05) is 31.5 Å². The van der Waals surface area contributed by atoms with Crippen molar-refractivity contribution < 1.29 is 13.2 Å². The third kappa shape index (κ3) is 5.81. The van der Waals surface area contributed by atoms with Crippen molar-refractivity contribution in [2.24, 2.45) is 0 Å². The van der Waals surface area contributed by atoms with E-state index in [1.165, 1.54) is 6.07 Å². The minimum Gasteiger partial charge on any atom is -0.298 e. The molecule has 0 aromatic heterocycles. The van der Waals surface area contributed by atoms with Crippen molar-refractivity contribution in [2.75, 3.05) is 26.2 Å². The minimum atomic E-state index is -4.28. The van der Waals surface area contributed by atoms with Gasteiger partial charge >= 0.3 is 6.18 Å². The largest absolute Gasteiger partial charge is 0.416 e. The summed E-state index contributed by atoms with van der Waals surface area (Å²) in [6, 6.07) is 5.12. The first kappa shape index (κ1) is 20.0. The van der Waals surface area contributed by atoms with E-state index in [1.54, 1.807) is 19.1 Å². The summed E-state index contributed by atoms with van der Waals surface area (Å²) < 4.78 is 39.4. The zero-order valence-corrected chi connectivity index (χ0v) is 14.9. The Bertz CT molecular complexity index is 476. The summed E-state index contributed by atoms with van der Waals surface area (Å²) in [4.78, 5) is 4.47. The van der Waals surface area contributed by atoms with Gasteiger partial charge in [0, 0.05) is 38.8 Å². The van der Waals surface area contributed by atoms with E-state index in [1.807, 2.05) is 13.8 Å². The van der Waals surface area contributed by atoms with Gasteiger partial charge in [0.25, 0.3) is 0 Å². The van der Waals surface area contributed by atoms with Gasteiger partial charge in [0.2, 0.25) is 0 Å². The number of alkyl halides is 3. The standard InChI is InChI=1S/C16H23F3N2.C2H6/c1-12(2)21-8-6-20(7-9-21)11-14-5-4-13(3)10-15(14)16(17,18)19;1-2/h4-5,10,12H,6-9,11H2,1-3H3;1-2H3. The average molecular weight is 330 g/mol. The van der Waals surface area contributed by atoms with Gasteiger partial charge in [-0.25, -0.2) is 0 Å². The lowest BCUT2D eigenvalue weighted by Crippen LogP contribution is -2.48. The molecule has 2 nitrogen and oxygen atoms in total. The molecule has 1 aromatic carbocycles. The first-order valence-corrected chi connectivity index (χ1v) is 8.40. The fraction of sp³-hybridized carbons (Fsp3) is 0.667. The fourth-order valence-electron chi connectivity index (χ4n) is 2.77. The van der Waals surface area contributed by atoms with Gasteiger partial charge in [-0.05, 0) is 32.4 Å². The van der Waals surface area contributed by atoms with Crippen LogP contribution in [0, 0.1) is 6.92 Å². The van der Waals surface area contributed by atoms with E-state index < -0.39 is 11.7 Å². The average Bonchev–Trinajstić information content (AvgIpc) is 2.50. The van der Waals surface area contributed by atoms with E-state index >= 15 is 0 Å². The zero-order valence-electron chi connectivity index (χ0n) is 14.9. The number of hydrogen-bond acceptors (Lipinski definition) is 2. The Balaban J connectivity index is 0.00000127. The van der Waals surface area contributed by atoms with Crippen LogP contribution in [0.5, 0.6) is 0 Å². The molecule has 5 heteroatoms. The van der Waals surface area contributed by atoms with Crippen molar-refractivity contribution in [1.29, 1.82) is 0 Å². The van der Waals surface area contributed by atoms with Crippen LogP contribution >= 0.6 is 0 Å². The molecule has 0 bridgehead atoms. The van der Waals surface area contributed by atoms with Crippen molar-refractivity contribution in [3.63, 3.8) is 0 Å². The number of aryl methyl sites for hydroxylation is 1. The first-order chi connectivity index (χ1) is 10.8. The quantitative estimate of drug-likeness (QED) is 0.801. The van der Waals surface area contributed by atoms with Crippen molar-refractivity contribution >= 4 is 0 Å². The van der Waals surface area contributed by atoms with Crippen molar-refractivity contribution in [3.05, 3.63) is 34.9 Å². The van der Waals surface area contributed by atoms with Gasteiger partial charge in [-0.2, -0.15) is 13.2 Å². The van der Waals surface area contributed by atoms with Crippen molar-refractivity contribution in [1.82, 2.24) is 9.80 Å². The number of hydrogen-bond donors (Lipinski definition) is 0. The number of nitrogens with zero attached hydrogens (tertiary/aromatic N) is 2. The van der Waals surface area contributed by atoms with Crippen LogP contribution in [0.2, 0.25) is 0 Å². The molecule has 23 heavy (non-hydrogen) atoms. The van der Waals surface area contributed by atoms with E-state index in [4.69, 9.17) is 0 Å². The zero-order chi connectivity index (χ0) is 17.6. The van der Waals surface area contributed by atoms with E-state index in [0.29, 0.717) is 23.7 Å². The Morgan fingerprint density at radius 1 is 1.04 bits per heavy atom. The lowest BCUT2D eigenvalue weighted by atomic mass is 10.0. The number of halogens is 3.